The Morgan fingerprint density at radius 2 is 2.21 bits per heavy atom. The van der Waals surface area contributed by atoms with Gasteiger partial charge in [0.2, 0.25) is 0 Å². The van der Waals surface area contributed by atoms with Gasteiger partial charge >= 0.3 is 0 Å². The summed E-state index contributed by atoms with van der Waals surface area (Å²) in [5.74, 6) is 0. The molecule has 0 aliphatic heterocycles. The molecule has 74 valence electrons. The quantitative estimate of drug-likeness (QED) is 0.437. The van der Waals surface area contributed by atoms with E-state index in [0.717, 1.165) is 16.8 Å². The fourth-order valence-corrected chi connectivity index (χ4v) is 1.12. The van der Waals surface area contributed by atoms with Crippen LogP contribution in [-0.4, -0.2) is 11.0 Å². The minimum atomic E-state index is -0.461. The minimum absolute atomic E-state index is 0.461. The van der Waals surface area contributed by atoms with Crippen molar-refractivity contribution in [3.63, 3.8) is 0 Å². The normalized spacial score (nSPS) is 11.2. The number of thiol groups is 1. The van der Waals surface area contributed by atoms with Crippen molar-refractivity contribution < 1.29 is 4.79 Å². The van der Waals surface area contributed by atoms with E-state index < -0.39 is 5.24 Å². The van der Waals surface area contributed by atoms with Crippen LogP contribution >= 0.6 is 12.6 Å². The van der Waals surface area contributed by atoms with Gasteiger partial charge in [0.25, 0.3) is 5.24 Å². The standard InChI is InChI=1S/C10H12N2OS/c1-7-4-3-5-9(6-7)8(2)11-12-10(13)14/h3-6H,1-2H3,(H2,12,13,14). The molecule has 0 aromatic heterocycles. The molecule has 0 aliphatic carbocycles. The number of nitrogens with zero attached hydrogens (tertiary/aromatic N) is 1. The molecule has 14 heavy (non-hydrogen) atoms. The number of aryl methyl sites for hydroxylation is 1. The molecule has 1 rings (SSSR count). The van der Waals surface area contributed by atoms with Crippen LogP contribution in [0.3, 0.4) is 0 Å². The van der Waals surface area contributed by atoms with Gasteiger partial charge in [0.15, 0.2) is 0 Å². The van der Waals surface area contributed by atoms with Gasteiger partial charge in [-0.05, 0) is 19.4 Å². The van der Waals surface area contributed by atoms with Gasteiger partial charge in [-0.15, -0.1) is 0 Å². The minimum Gasteiger partial charge on any atom is -0.260 e. The van der Waals surface area contributed by atoms with Crippen LogP contribution in [0.4, 0.5) is 4.79 Å². The fourth-order valence-electron chi connectivity index (χ4n) is 1.07. The highest BCUT2D eigenvalue weighted by molar-refractivity contribution is 7.96. The van der Waals surface area contributed by atoms with Crippen LogP contribution in [0.15, 0.2) is 29.4 Å². The summed E-state index contributed by atoms with van der Waals surface area (Å²) in [5, 5.41) is 3.41. The summed E-state index contributed by atoms with van der Waals surface area (Å²) in [6, 6.07) is 7.90. The van der Waals surface area contributed by atoms with Gasteiger partial charge in [0.05, 0.1) is 5.71 Å². The molecule has 0 bridgehead atoms. The summed E-state index contributed by atoms with van der Waals surface area (Å²) in [4.78, 5) is 10.5. The number of hydrazone groups is 1. The number of hydrogen-bond donors (Lipinski definition) is 2. The molecular formula is C10H12N2OS. The third kappa shape index (κ3) is 3.22. The first-order valence-electron chi connectivity index (χ1n) is 4.20. The lowest BCUT2D eigenvalue weighted by atomic mass is 10.1. The molecule has 1 N–H and O–H groups in total. The number of nitrogens with one attached hydrogen (secondary N) is 1. The average molecular weight is 208 g/mol. The van der Waals surface area contributed by atoms with Crippen LogP contribution in [0.2, 0.25) is 0 Å². The summed E-state index contributed by atoms with van der Waals surface area (Å²) in [6.45, 7) is 3.84. The molecule has 0 saturated carbocycles. The van der Waals surface area contributed by atoms with Gasteiger partial charge in [-0.25, -0.2) is 5.43 Å². The molecule has 4 heteroatoms. The lowest BCUT2D eigenvalue weighted by Gasteiger charge is -2.01. The number of benzene rings is 1. The Morgan fingerprint density at radius 1 is 1.50 bits per heavy atom. The molecule has 3 nitrogen and oxygen atoms in total. The monoisotopic (exact) mass is 208 g/mol. The summed E-state index contributed by atoms with van der Waals surface area (Å²) < 4.78 is 0. The van der Waals surface area contributed by atoms with Crippen molar-refractivity contribution in [2.24, 2.45) is 5.10 Å². The van der Waals surface area contributed by atoms with Crippen LogP contribution in [0, 0.1) is 6.92 Å². The lowest BCUT2D eigenvalue weighted by Crippen LogP contribution is -2.11. The summed E-state index contributed by atoms with van der Waals surface area (Å²) in [6.07, 6.45) is 0. The summed E-state index contributed by atoms with van der Waals surface area (Å²) in [5.41, 5.74) is 5.19. The van der Waals surface area contributed by atoms with Crippen molar-refractivity contribution in [3.8, 4) is 0 Å². The number of hydrogen-bond acceptors (Lipinski definition) is 2. The Balaban J connectivity index is 2.83. The maximum Gasteiger partial charge on any atom is 0.296 e. The fraction of sp³-hybridized carbons (Fsp3) is 0.200. The van der Waals surface area contributed by atoms with Crippen LogP contribution in [0.5, 0.6) is 0 Å². The Bertz CT molecular complexity index is 374. The van der Waals surface area contributed by atoms with Crippen LogP contribution in [0.1, 0.15) is 18.1 Å². The van der Waals surface area contributed by atoms with Crippen molar-refractivity contribution in [2.75, 3.05) is 0 Å². The van der Waals surface area contributed by atoms with Crippen molar-refractivity contribution >= 4 is 23.6 Å². The van der Waals surface area contributed by atoms with E-state index in [9.17, 15) is 4.79 Å². The zero-order valence-corrected chi connectivity index (χ0v) is 9.01. The van der Waals surface area contributed by atoms with E-state index in [4.69, 9.17) is 0 Å². The van der Waals surface area contributed by atoms with Gasteiger partial charge in [-0.2, -0.15) is 5.10 Å². The van der Waals surface area contributed by atoms with Crippen LogP contribution in [-0.2, 0) is 0 Å². The van der Waals surface area contributed by atoms with Crippen molar-refractivity contribution in [3.05, 3.63) is 35.4 Å². The summed E-state index contributed by atoms with van der Waals surface area (Å²) in [7, 11) is 0. The van der Waals surface area contributed by atoms with Gasteiger partial charge in [-0.1, -0.05) is 42.5 Å². The number of carbonyl (C=O) groups is 1. The number of amides is 1. The zero-order valence-electron chi connectivity index (χ0n) is 8.11. The topological polar surface area (TPSA) is 41.5 Å². The maximum absolute atomic E-state index is 10.5. The molecule has 0 fully saturated rings. The molecule has 1 amide bonds. The second-order valence-electron chi connectivity index (χ2n) is 2.98. The van der Waals surface area contributed by atoms with Crippen LogP contribution < -0.4 is 5.43 Å². The highest BCUT2D eigenvalue weighted by Crippen LogP contribution is 2.04. The number of carbonyl (C=O) groups excluding carboxylic acids is 1. The van der Waals surface area contributed by atoms with E-state index in [2.05, 4.69) is 23.2 Å². The maximum atomic E-state index is 10.5. The van der Waals surface area contributed by atoms with E-state index in [1.807, 2.05) is 38.1 Å². The number of rotatable bonds is 2. The van der Waals surface area contributed by atoms with Crippen LogP contribution in [0.25, 0.3) is 0 Å². The van der Waals surface area contributed by atoms with Gasteiger partial charge in [0.1, 0.15) is 0 Å². The molecule has 0 atom stereocenters. The summed E-state index contributed by atoms with van der Waals surface area (Å²) >= 11 is 3.55. The smallest absolute Gasteiger partial charge is 0.260 e. The largest absolute Gasteiger partial charge is 0.296 e. The molecule has 0 heterocycles. The third-order valence-corrected chi connectivity index (χ3v) is 1.86. The van der Waals surface area contributed by atoms with E-state index in [1.165, 1.54) is 0 Å². The Hall–Kier alpha value is -1.29. The predicted molar refractivity (Wildman–Crippen MR) is 60.9 cm³/mol. The molecule has 0 saturated heterocycles. The van der Waals surface area contributed by atoms with Crippen molar-refractivity contribution in [2.45, 2.75) is 13.8 Å². The van der Waals surface area contributed by atoms with E-state index in [1.54, 1.807) is 0 Å². The lowest BCUT2D eigenvalue weighted by molar-refractivity contribution is 0.261. The third-order valence-electron chi connectivity index (χ3n) is 1.76. The van der Waals surface area contributed by atoms with Crippen molar-refractivity contribution in [1.29, 1.82) is 0 Å². The molecular weight excluding hydrogens is 196 g/mol. The average Bonchev–Trinajstić information content (AvgIpc) is 2.14. The van der Waals surface area contributed by atoms with E-state index in [-0.39, 0.29) is 0 Å². The molecule has 0 radical (unpaired) electrons. The SMILES string of the molecule is CC(=NNC(=O)S)c1cccc(C)c1. The Morgan fingerprint density at radius 3 is 2.79 bits per heavy atom. The molecule has 1 aromatic carbocycles. The molecule has 1 aromatic rings. The van der Waals surface area contributed by atoms with Gasteiger partial charge in [0, 0.05) is 0 Å². The highest BCUT2D eigenvalue weighted by Gasteiger charge is 1.97. The van der Waals surface area contributed by atoms with E-state index in [0.29, 0.717) is 0 Å². The molecule has 0 unspecified atom stereocenters. The Kier molecular flexibility index (Phi) is 3.71. The Labute approximate surface area is 88.6 Å². The van der Waals surface area contributed by atoms with Gasteiger partial charge in [-0.3, -0.25) is 4.79 Å². The highest BCUT2D eigenvalue weighted by atomic mass is 32.1. The van der Waals surface area contributed by atoms with Crippen molar-refractivity contribution in [1.82, 2.24) is 5.43 Å². The molecule has 0 spiro atoms. The predicted octanol–water partition coefficient (Wildman–Crippen LogP) is 2.36. The van der Waals surface area contributed by atoms with Gasteiger partial charge < -0.3 is 0 Å². The van der Waals surface area contributed by atoms with E-state index >= 15 is 0 Å². The second-order valence-corrected chi connectivity index (χ2v) is 3.39. The first-order valence-corrected chi connectivity index (χ1v) is 4.64. The first kappa shape index (κ1) is 10.8. The zero-order chi connectivity index (χ0) is 10.6. The first-order chi connectivity index (χ1) is 6.59. The molecule has 0 aliphatic rings. The second kappa shape index (κ2) is 4.81.